The lowest BCUT2D eigenvalue weighted by molar-refractivity contribution is 0.198. The highest BCUT2D eigenvalue weighted by Crippen LogP contribution is 2.12. The third-order valence-electron chi connectivity index (χ3n) is 2.49. The molecule has 0 aliphatic rings. The molecule has 0 aromatic carbocycles. The van der Waals surface area contributed by atoms with Crippen LogP contribution < -0.4 is 5.73 Å². The van der Waals surface area contributed by atoms with Crippen LogP contribution in [0.25, 0.3) is 0 Å². The molecule has 86 valence electrons. The summed E-state index contributed by atoms with van der Waals surface area (Å²) < 4.78 is 1.77. The maximum absolute atomic E-state index is 9.28. The number of nitrogens with two attached hydrogens (primary N) is 1. The number of rotatable bonds is 5. The minimum absolute atomic E-state index is 0.00280. The summed E-state index contributed by atoms with van der Waals surface area (Å²) in [5.74, 6) is 1.70. The highest BCUT2D eigenvalue weighted by Gasteiger charge is 2.19. The van der Waals surface area contributed by atoms with E-state index in [2.05, 4.69) is 10.1 Å². The van der Waals surface area contributed by atoms with Crippen LogP contribution >= 0.6 is 0 Å². The van der Waals surface area contributed by atoms with Crippen molar-refractivity contribution in [3.8, 4) is 0 Å². The molecular weight excluding hydrogens is 192 g/mol. The second-order valence-electron chi connectivity index (χ2n) is 3.70. The lowest BCUT2D eigenvalue weighted by atomic mass is 10.1. The second kappa shape index (κ2) is 5.23. The number of aliphatic hydroxyl groups is 1. The Hall–Kier alpha value is -0.940. The normalized spacial score (nSPS) is 15.3. The molecule has 0 radical (unpaired) electrons. The molecule has 0 bridgehead atoms. The summed E-state index contributed by atoms with van der Waals surface area (Å²) in [5.41, 5.74) is 5.80. The van der Waals surface area contributed by atoms with Crippen LogP contribution in [0.3, 0.4) is 0 Å². The molecule has 0 aliphatic carbocycles. The molecule has 1 aromatic rings. The van der Waals surface area contributed by atoms with Crippen LogP contribution in [0.1, 0.15) is 38.5 Å². The molecule has 2 atom stereocenters. The highest BCUT2D eigenvalue weighted by atomic mass is 16.3. The predicted octanol–water partition coefficient (Wildman–Crippen LogP) is 0.283. The Labute approximate surface area is 90.3 Å². The summed E-state index contributed by atoms with van der Waals surface area (Å²) in [5, 5.41) is 13.6. The van der Waals surface area contributed by atoms with Crippen molar-refractivity contribution in [3.63, 3.8) is 0 Å². The highest BCUT2D eigenvalue weighted by molar-refractivity contribution is 4.96. The van der Waals surface area contributed by atoms with Gasteiger partial charge < -0.3 is 10.8 Å². The predicted molar refractivity (Wildman–Crippen MR) is 58.6 cm³/mol. The van der Waals surface area contributed by atoms with Gasteiger partial charge in [-0.3, -0.25) is 0 Å². The van der Waals surface area contributed by atoms with Gasteiger partial charge in [0.1, 0.15) is 5.82 Å². The standard InChI is InChI=1S/C10H20N4O/c1-4-9-12-10(5-2)14(13-9)8(6-15)7(3)11/h7-8,15H,4-6,11H2,1-3H3. The smallest absolute Gasteiger partial charge is 0.150 e. The molecule has 5 nitrogen and oxygen atoms in total. The van der Waals surface area contributed by atoms with Crippen LogP contribution in [0.5, 0.6) is 0 Å². The first-order chi connectivity index (χ1) is 7.13. The Morgan fingerprint density at radius 1 is 1.40 bits per heavy atom. The maximum atomic E-state index is 9.28. The Balaban J connectivity index is 3.04. The van der Waals surface area contributed by atoms with Gasteiger partial charge in [-0.25, -0.2) is 9.67 Å². The largest absolute Gasteiger partial charge is 0.394 e. The van der Waals surface area contributed by atoms with Crippen molar-refractivity contribution in [3.05, 3.63) is 11.6 Å². The molecule has 0 saturated heterocycles. The van der Waals surface area contributed by atoms with Crippen LogP contribution in [0.2, 0.25) is 0 Å². The van der Waals surface area contributed by atoms with Gasteiger partial charge in [-0.15, -0.1) is 0 Å². The van der Waals surface area contributed by atoms with E-state index in [1.54, 1.807) is 4.68 Å². The van der Waals surface area contributed by atoms with Crippen molar-refractivity contribution in [1.29, 1.82) is 0 Å². The van der Waals surface area contributed by atoms with E-state index in [1.807, 2.05) is 20.8 Å². The van der Waals surface area contributed by atoms with Crippen molar-refractivity contribution >= 4 is 0 Å². The van der Waals surface area contributed by atoms with Gasteiger partial charge in [0.25, 0.3) is 0 Å². The van der Waals surface area contributed by atoms with Crippen LogP contribution in [-0.4, -0.2) is 32.5 Å². The van der Waals surface area contributed by atoms with E-state index in [9.17, 15) is 5.11 Å². The average Bonchev–Trinajstić information content (AvgIpc) is 2.61. The topological polar surface area (TPSA) is 77.0 Å². The van der Waals surface area contributed by atoms with E-state index >= 15 is 0 Å². The average molecular weight is 212 g/mol. The van der Waals surface area contributed by atoms with Crippen molar-refractivity contribution < 1.29 is 5.11 Å². The van der Waals surface area contributed by atoms with E-state index in [0.29, 0.717) is 0 Å². The molecule has 0 fully saturated rings. The van der Waals surface area contributed by atoms with E-state index < -0.39 is 0 Å². The van der Waals surface area contributed by atoms with Crippen molar-refractivity contribution in [2.45, 2.75) is 45.7 Å². The summed E-state index contributed by atoms with van der Waals surface area (Å²) >= 11 is 0. The van der Waals surface area contributed by atoms with Crippen LogP contribution in [0.4, 0.5) is 0 Å². The fraction of sp³-hybridized carbons (Fsp3) is 0.800. The summed E-state index contributed by atoms with van der Waals surface area (Å²) in [4.78, 5) is 4.38. The van der Waals surface area contributed by atoms with Crippen molar-refractivity contribution in [2.24, 2.45) is 5.73 Å². The zero-order valence-electron chi connectivity index (χ0n) is 9.64. The molecule has 0 spiro atoms. The van der Waals surface area contributed by atoms with Gasteiger partial charge >= 0.3 is 0 Å². The van der Waals surface area contributed by atoms with Crippen molar-refractivity contribution in [1.82, 2.24) is 14.8 Å². The number of nitrogens with zero attached hydrogens (tertiary/aromatic N) is 3. The molecule has 2 unspecified atom stereocenters. The van der Waals surface area contributed by atoms with Gasteiger partial charge in [0.15, 0.2) is 5.82 Å². The number of hydrogen-bond donors (Lipinski definition) is 2. The van der Waals surface area contributed by atoms with Gasteiger partial charge in [0, 0.05) is 18.9 Å². The molecule has 1 rings (SSSR count). The van der Waals surface area contributed by atoms with Gasteiger partial charge in [0.05, 0.1) is 12.6 Å². The fourth-order valence-electron chi connectivity index (χ4n) is 1.53. The van der Waals surface area contributed by atoms with Crippen molar-refractivity contribution in [2.75, 3.05) is 6.61 Å². The molecule has 1 aromatic heterocycles. The van der Waals surface area contributed by atoms with E-state index in [4.69, 9.17) is 5.73 Å². The Morgan fingerprint density at radius 2 is 2.07 bits per heavy atom. The number of aromatic nitrogens is 3. The Morgan fingerprint density at radius 3 is 2.47 bits per heavy atom. The summed E-state index contributed by atoms with van der Waals surface area (Å²) in [6, 6.07) is -0.306. The second-order valence-corrected chi connectivity index (χ2v) is 3.70. The minimum Gasteiger partial charge on any atom is -0.394 e. The fourth-order valence-corrected chi connectivity index (χ4v) is 1.53. The van der Waals surface area contributed by atoms with Gasteiger partial charge in [0.2, 0.25) is 0 Å². The lowest BCUT2D eigenvalue weighted by Crippen LogP contribution is -2.33. The van der Waals surface area contributed by atoms with E-state index in [1.165, 1.54) is 0 Å². The molecular formula is C10H20N4O. The molecule has 0 amide bonds. The first kappa shape index (κ1) is 12.1. The van der Waals surface area contributed by atoms with Gasteiger partial charge in [-0.2, -0.15) is 5.10 Å². The number of hydrogen-bond acceptors (Lipinski definition) is 4. The monoisotopic (exact) mass is 212 g/mol. The zero-order chi connectivity index (χ0) is 11.4. The first-order valence-electron chi connectivity index (χ1n) is 5.44. The molecule has 0 aliphatic heterocycles. The molecule has 1 heterocycles. The lowest BCUT2D eigenvalue weighted by Gasteiger charge is -2.19. The molecule has 5 heteroatoms. The summed E-state index contributed by atoms with van der Waals surface area (Å²) in [7, 11) is 0. The van der Waals surface area contributed by atoms with E-state index in [-0.39, 0.29) is 18.7 Å². The number of aryl methyl sites for hydroxylation is 2. The SMILES string of the molecule is CCc1nc(CC)n(C(CO)C(C)N)n1. The van der Waals surface area contributed by atoms with Gasteiger partial charge in [-0.1, -0.05) is 13.8 Å². The quantitative estimate of drug-likeness (QED) is 0.735. The third kappa shape index (κ3) is 2.54. The minimum atomic E-state index is -0.173. The summed E-state index contributed by atoms with van der Waals surface area (Å²) in [6.45, 7) is 5.90. The van der Waals surface area contributed by atoms with Gasteiger partial charge in [-0.05, 0) is 6.92 Å². The third-order valence-corrected chi connectivity index (χ3v) is 2.49. The van der Waals surface area contributed by atoms with Crippen LogP contribution in [0, 0.1) is 0 Å². The van der Waals surface area contributed by atoms with E-state index in [0.717, 1.165) is 24.5 Å². The molecule has 0 saturated carbocycles. The summed E-state index contributed by atoms with van der Waals surface area (Å²) in [6.07, 6.45) is 1.60. The zero-order valence-corrected chi connectivity index (χ0v) is 9.64. The van der Waals surface area contributed by atoms with Crippen LogP contribution in [-0.2, 0) is 12.8 Å². The van der Waals surface area contributed by atoms with Crippen LogP contribution in [0.15, 0.2) is 0 Å². The molecule has 15 heavy (non-hydrogen) atoms. The maximum Gasteiger partial charge on any atom is 0.150 e. The molecule has 3 N–H and O–H groups in total. The number of aliphatic hydroxyl groups excluding tert-OH is 1. The first-order valence-corrected chi connectivity index (χ1v) is 5.44. The Bertz CT molecular complexity index is 308. The Kier molecular flexibility index (Phi) is 4.23.